The van der Waals surface area contributed by atoms with E-state index in [-0.39, 0.29) is 24.0 Å². The van der Waals surface area contributed by atoms with Crippen LogP contribution in [0.5, 0.6) is 0 Å². The molecule has 0 bridgehead atoms. The fraction of sp³-hybridized carbons (Fsp3) is 0.667. The number of nitrogens with zero attached hydrogens (tertiary/aromatic N) is 2. The number of halogens is 1. The summed E-state index contributed by atoms with van der Waals surface area (Å²) in [5.74, 6) is 2.92. The molecule has 154 valence electrons. The Morgan fingerprint density at radius 2 is 2.04 bits per heavy atom. The Bertz CT molecular complexity index is 512. The Morgan fingerprint density at radius 3 is 2.78 bits per heavy atom. The molecule has 1 aliphatic rings. The molecule has 0 spiro atoms. The van der Waals surface area contributed by atoms with Crippen LogP contribution < -0.4 is 10.6 Å². The van der Waals surface area contributed by atoms with E-state index in [4.69, 9.17) is 4.99 Å². The number of thioether (sulfide) groups is 1. The molecular weight excluding hydrogens is 467 g/mol. The first-order valence-corrected chi connectivity index (χ1v) is 11.5. The molecule has 27 heavy (non-hydrogen) atoms. The smallest absolute Gasteiger partial charge is 0.191 e. The summed E-state index contributed by atoms with van der Waals surface area (Å²) in [6.07, 6.45) is 7.07. The van der Waals surface area contributed by atoms with Crippen LogP contribution in [0.25, 0.3) is 0 Å². The molecule has 1 aromatic carbocycles. The van der Waals surface area contributed by atoms with Crippen molar-refractivity contribution in [1.29, 1.82) is 0 Å². The molecule has 1 fully saturated rings. The number of aliphatic imine (C=N–C) groups is 1. The normalized spacial score (nSPS) is 17.6. The minimum atomic E-state index is 0. The predicted octanol–water partition coefficient (Wildman–Crippen LogP) is 3.87. The zero-order chi connectivity index (χ0) is 18.5. The standard InChI is InChI=1S/C21H36N4S.HI/c1-3-22-21(23-13-7-8-16-26-2)24-17-20-12-15-25(18-20)14-11-19-9-5-4-6-10-19;/h4-6,9-10,20H,3,7-8,11-18H2,1-2H3,(H2,22,23,24);1H. The van der Waals surface area contributed by atoms with Crippen molar-refractivity contribution >= 4 is 41.7 Å². The van der Waals surface area contributed by atoms with Gasteiger partial charge in [-0.2, -0.15) is 11.8 Å². The van der Waals surface area contributed by atoms with Crippen LogP contribution in [-0.2, 0) is 6.42 Å². The third kappa shape index (κ3) is 10.6. The predicted molar refractivity (Wildman–Crippen MR) is 132 cm³/mol. The van der Waals surface area contributed by atoms with E-state index in [1.807, 2.05) is 11.8 Å². The van der Waals surface area contributed by atoms with Crippen molar-refractivity contribution in [3.63, 3.8) is 0 Å². The van der Waals surface area contributed by atoms with Crippen LogP contribution in [0.15, 0.2) is 35.3 Å². The lowest BCUT2D eigenvalue weighted by Gasteiger charge is -2.16. The van der Waals surface area contributed by atoms with E-state index in [1.54, 1.807) is 0 Å². The summed E-state index contributed by atoms with van der Waals surface area (Å²) in [6.45, 7) is 8.56. The molecule has 0 saturated carbocycles. The van der Waals surface area contributed by atoms with Crippen molar-refractivity contribution in [3.8, 4) is 0 Å². The van der Waals surface area contributed by atoms with Crippen LogP contribution in [0.4, 0.5) is 0 Å². The highest BCUT2D eigenvalue weighted by molar-refractivity contribution is 14.0. The van der Waals surface area contributed by atoms with Crippen molar-refractivity contribution in [2.45, 2.75) is 32.6 Å². The van der Waals surface area contributed by atoms with Gasteiger partial charge < -0.3 is 15.5 Å². The van der Waals surface area contributed by atoms with Gasteiger partial charge in [0.25, 0.3) is 0 Å². The molecule has 0 amide bonds. The monoisotopic (exact) mass is 504 g/mol. The topological polar surface area (TPSA) is 39.7 Å². The van der Waals surface area contributed by atoms with Gasteiger partial charge in [0.1, 0.15) is 0 Å². The molecule has 4 nitrogen and oxygen atoms in total. The molecule has 1 saturated heterocycles. The first-order chi connectivity index (χ1) is 12.8. The van der Waals surface area contributed by atoms with E-state index < -0.39 is 0 Å². The maximum absolute atomic E-state index is 4.83. The molecule has 0 radical (unpaired) electrons. The van der Waals surface area contributed by atoms with Crippen molar-refractivity contribution in [2.24, 2.45) is 10.9 Å². The summed E-state index contributed by atoms with van der Waals surface area (Å²) in [6, 6.07) is 10.8. The van der Waals surface area contributed by atoms with Crippen LogP contribution in [0.1, 0.15) is 31.7 Å². The molecule has 1 atom stereocenters. The Balaban J connectivity index is 0.00000364. The summed E-state index contributed by atoms with van der Waals surface area (Å²) in [5, 5.41) is 6.85. The lowest BCUT2D eigenvalue weighted by molar-refractivity contribution is 0.329. The summed E-state index contributed by atoms with van der Waals surface area (Å²) in [4.78, 5) is 7.42. The molecule has 1 heterocycles. The van der Waals surface area contributed by atoms with Gasteiger partial charge in [0, 0.05) is 32.7 Å². The zero-order valence-electron chi connectivity index (χ0n) is 17.0. The van der Waals surface area contributed by atoms with Gasteiger partial charge in [0.15, 0.2) is 5.96 Å². The minimum Gasteiger partial charge on any atom is -0.357 e. The Morgan fingerprint density at radius 1 is 1.22 bits per heavy atom. The van der Waals surface area contributed by atoms with Gasteiger partial charge in [-0.1, -0.05) is 30.3 Å². The second-order valence-corrected chi connectivity index (χ2v) is 8.02. The SMILES string of the molecule is CCNC(=NCC1CCN(CCc2ccccc2)C1)NCCCCSC.I. The number of hydrogen-bond donors (Lipinski definition) is 2. The highest BCUT2D eigenvalue weighted by Crippen LogP contribution is 2.17. The van der Waals surface area contributed by atoms with E-state index in [1.165, 1.54) is 43.7 Å². The van der Waals surface area contributed by atoms with E-state index in [9.17, 15) is 0 Å². The van der Waals surface area contributed by atoms with Gasteiger partial charge in [-0.15, -0.1) is 24.0 Å². The van der Waals surface area contributed by atoms with Crippen molar-refractivity contribution in [1.82, 2.24) is 15.5 Å². The fourth-order valence-corrected chi connectivity index (χ4v) is 3.83. The average Bonchev–Trinajstić information content (AvgIpc) is 3.13. The van der Waals surface area contributed by atoms with E-state index >= 15 is 0 Å². The van der Waals surface area contributed by atoms with Gasteiger partial charge >= 0.3 is 0 Å². The minimum absolute atomic E-state index is 0. The van der Waals surface area contributed by atoms with Crippen molar-refractivity contribution < 1.29 is 0 Å². The van der Waals surface area contributed by atoms with Crippen molar-refractivity contribution in [3.05, 3.63) is 35.9 Å². The number of benzene rings is 1. The van der Waals surface area contributed by atoms with Crippen LogP contribution >= 0.6 is 35.7 Å². The van der Waals surface area contributed by atoms with Gasteiger partial charge in [-0.25, -0.2) is 0 Å². The Labute approximate surface area is 187 Å². The third-order valence-electron chi connectivity index (χ3n) is 4.85. The van der Waals surface area contributed by atoms with E-state index in [0.717, 1.165) is 38.6 Å². The van der Waals surface area contributed by atoms with Crippen LogP contribution in [0.2, 0.25) is 0 Å². The van der Waals surface area contributed by atoms with Crippen molar-refractivity contribution in [2.75, 3.05) is 51.3 Å². The van der Waals surface area contributed by atoms with Gasteiger partial charge in [-0.3, -0.25) is 4.99 Å². The van der Waals surface area contributed by atoms with Gasteiger partial charge in [0.2, 0.25) is 0 Å². The average molecular weight is 505 g/mol. The maximum Gasteiger partial charge on any atom is 0.191 e. The molecular formula is C21H37IN4S. The second kappa shape index (κ2) is 15.5. The largest absolute Gasteiger partial charge is 0.357 e. The number of unbranched alkanes of at least 4 members (excludes halogenated alkanes) is 1. The molecule has 1 aromatic rings. The second-order valence-electron chi connectivity index (χ2n) is 7.04. The van der Waals surface area contributed by atoms with Gasteiger partial charge in [-0.05, 0) is 62.6 Å². The number of hydrogen-bond acceptors (Lipinski definition) is 3. The summed E-state index contributed by atoms with van der Waals surface area (Å²) in [5.41, 5.74) is 1.44. The highest BCUT2D eigenvalue weighted by atomic mass is 127. The van der Waals surface area contributed by atoms with Crippen LogP contribution in [0, 0.1) is 5.92 Å². The number of guanidine groups is 1. The third-order valence-corrected chi connectivity index (χ3v) is 5.55. The summed E-state index contributed by atoms with van der Waals surface area (Å²) >= 11 is 1.92. The van der Waals surface area contributed by atoms with Crippen LogP contribution in [-0.4, -0.2) is 62.1 Å². The quantitative estimate of drug-likeness (QED) is 0.208. The lowest BCUT2D eigenvalue weighted by Crippen LogP contribution is -2.38. The number of likely N-dealkylation sites (tertiary alicyclic amines) is 1. The van der Waals surface area contributed by atoms with Crippen LogP contribution in [0.3, 0.4) is 0 Å². The zero-order valence-corrected chi connectivity index (χ0v) is 20.1. The molecule has 1 aliphatic heterocycles. The number of rotatable bonds is 11. The summed E-state index contributed by atoms with van der Waals surface area (Å²) in [7, 11) is 0. The Hall–Kier alpha value is -0.470. The van der Waals surface area contributed by atoms with E-state index in [0.29, 0.717) is 5.92 Å². The lowest BCUT2D eigenvalue weighted by atomic mass is 10.1. The molecule has 1 unspecified atom stereocenters. The highest BCUT2D eigenvalue weighted by Gasteiger charge is 2.21. The fourth-order valence-electron chi connectivity index (χ4n) is 3.34. The molecule has 2 N–H and O–H groups in total. The molecule has 2 rings (SSSR count). The first-order valence-electron chi connectivity index (χ1n) is 10.1. The number of nitrogens with one attached hydrogen (secondary N) is 2. The molecule has 0 aliphatic carbocycles. The summed E-state index contributed by atoms with van der Waals surface area (Å²) < 4.78 is 0. The Kier molecular flexibility index (Phi) is 14.1. The van der Waals surface area contributed by atoms with Gasteiger partial charge in [0.05, 0.1) is 0 Å². The van der Waals surface area contributed by atoms with E-state index in [2.05, 4.69) is 59.0 Å². The first kappa shape index (κ1) is 24.6. The maximum atomic E-state index is 4.83. The molecule has 6 heteroatoms. The molecule has 0 aromatic heterocycles.